The SMILES string of the molecule is N#CC1CN2CCC1C(O)C2. The first-order valence-corrected chi connectivity index (χ1v) is 4.11. The fourth-order valence-electron chi connectivity index (χ4n) is 2.20. The molecule has 2 bridgehead atoms. The first kappa shape index (κ1) is 7.08. The molecule has 3 rings (SSSR count). The fraction of sp³-hybridized carbons (Fsp3) is 0.875. The van der Waals surface area contributed by atoms with Gasteiger partial charge in [-0.25, -0.2) is 0 Å². The van der Waals surface area contributed by atoms with Gasteiger partial charge in [0, 0.05) is 19.0 Å². The van der Waals surface area contributed by atoms with E-state index in [0.29, 0.717) is 0 Å². The van der Waals surface area contributed by atoms with Crippen molar-refractivity contribution in [3.8, 4) is 6.07 Å². The third kappa shape index (κ3) is 1.03. The Balaban J connectivity index is 2.14. The summed E-state index contributed by atoms with van der Waals surface area (Å²) in [5.74, 6) is 0.331. The molecular weight excluding hydrogens is 140 g/mol. The molecule has 3 fully saturated rings. The van der Waals surface area contributed by atoms with Gasteiger partial charge in [-0.15, -0.1) is 0 Å². The van der Waals surface area contributed by atoms with Gasteiger partial charge in [-0.05, 0) is 13.0 Å². The number of piperidine rings is 3. The number of aliphatic hydroxyl groups excluding tert-OH is 1. The van der Waals surface area contributed by atoms with Crippen LogP contribution in [0.1, 0.15) is 6.42 Å². The van der Waals surface area contributed by atoms with Crippen LogP contribution in [0.3, 0.4) is 0 Å². The van der Waals surface area contributed by atoms with Crippen LogP contribution in [-0.4, -0.2) is 35.7 Å². The molecule has 0 aliphatic carbocycles. The minimum atomic E-state index is -0.248. The maximum absolute atomic E-state index is 9.51. The summed E-state index contributed by atoms with van der Waals surface area (Å²) in [6.45, 7) is 2.72. The maximum Gasteiger partial charge on any atom is 0.0708 e. The van der Waals surface area contributed by atoms with Gasteiger partial charge in [-0.3, -0.25) is 4.90 Å². The smallest absolute Gasteiger partial charge is 0.0708 e. The van der Waals surface area contributed by atoms with Gasteiger partial charge < -0.3 is 5.11 Å². The minimum Gasteiger partial charge on any atom is -0.391 e. The van der Waals surface area contributed by atoms with Crippen molar-refractivity contribution in [1.29, 1.82) is 5.26 Å². The summed E-state index contributed by atoms with van der Waals surface area (Å²) in [5, 5.41) is 18.3. The summed E-state index contributed by atoms with van der Waals surface area (Å²) in [4.78, 5) is 2.18. The van der Waals surface area contributed by atoms with Crippen molar-refractivity contribution in [2.24, 2.45) is 11.8 Å². The largest absolute Gasteiger partial charge is 0.391 e. The summed E-state index contributed by atoms with van der Waals surface area (Å²) in [5.41, 5.74) is 0. The normalized spacial score (nSPS) is 48.7. The Morgan fingerprint density at radius 1 is 1.45 bits per heavy atom. The molecule has 0 aromatic rings. The Labute approximate surface area is 66.2 Å². The quantitative estimate of drug-likeness (QED) is 0.524. The molecule has 60 valence electrons. The molecule has 3 heterocycles. The summed E-state index contributed by atoms with van der Waals surface area (Å²) in [6.07, 6.45) is 0.751. The Hall–Kier alpha value is -0.590. The van der Waals surface area contributed by atoms with Gasteiger partial charge in [-0.1, -0.05) is 0 Å². The van der Waals surface area contributed by atoms with Crippen LogP contribution < -0.4 is 0 Å². The van der Waals surface area contributed by atoms with Crippen molar-refractivity contribution < 1.29 is 5.11 Å². The van der Waals surface area contributed by atoms with Crippen LogP contribution in [0.4, 0.5) is 0 Å². The Morgan fingerprint density at radius 2 is 2.27 bits per heavy atom. The molecule has 3 nitrogen and oxygen atoms in total. The highest BCUT2D eigenvalue weighted by Crippen LogP contribution is 2.31. The van der Waals surface area contributed by atoms with Crippen LogP contribution in [-0.2, 0) is 0 Å². The van der Waals surface area contributed by atoms with Crippen LogP contribution in [0.2, 0.25) is 0 Å². The molecule has 0 aromatic carbocycles. The van der Waals surface area contributed by atoms with Gasteiger partial charge in [0.05, 0.1) is 18.1 Å². The van der Waals surface area contributed by atoms with Crippen LogP contribution in [0.25, 0.3) is 0 Å². The first-order chi connectivity index (χ1) is 5.31. The Bertz CT molecular complexity index is 199. The van der Waals surface area contributed by atoms with Gasteiger partial charge in [0.1, 0.15) is 0 Å². The van der Waals surface area contributed by atoms with E-state index in [-0.39, 0.29) is 17.9 Å². The monoisotopic (exact) mass is 152 g/mol. The second-order valence-corrected chi connectivity index (χ2v) is 3.52. The van der Waals surface area contributed by atoms with Crippen molar-refractivity contribution in [2.75, 3.05) is 19.6 Å². The molecule has 0 amide bonds. The summed E-state index contributed by atoms with van der Waals surface area (Å²) in [7, 11) is 0. The van der Waals surface area contributed by atoms with Crippen LogP contribution in [0, 0.1) is 23.2 Å². The van der Waals surface area contributed by atoms with Gasteiger partial charge in [0.2, 0.25) is 0 Å². The van der Waals surface area contributed by atoms with Crippen molar-refractivity contribution in [2.45, 2.75) is 12.5 Å². The van der Waals surface area contributed by atoms with E-state index in [9.17, 15) is 5.11 Å². The van der Waals surface area contributed by atoms with E-state index in [1.807, 2.05) is 0 Å². The Kier molecular flexibility index (Phi) is 1.59. The predicted octanol–water partition coefficient (Wildman–Crippen LogP) is -0.177. The van der Waals surface area contributed by atoms with E-state index in [2.05, 4.69) is 11.0 Å². The molecule has 1 N–H and O–H groups in total. The van der Waals surface area contributed by atoms with Crippen LogP contribution in [0.5, 0.6) is 0 Å². The van der Waals surface area contributed by atoms with Crippen molar-refractivity contribution >= 4 is 0 Å². The molecule has 0 aromatic heterocycles. The molecule has 3 saturated heterocycles. The average Bonchev–Trinajstić information content (AvgIpc) is 2.04. The molecule has 3 heteroatoms. The van der Waals surface area contributed by atoms with Crippen molar-refractivity contribution in [3.63, 3.8) is 0 Å². The minimum absolute atomic E-state index is 0.0764. The molecule has 3 aliphatic heterocycles. The molecule has 11 heavy (non-hydrogen) atoms. The maximum atomic E-state index is 9.51. The highest BCUT2D eigenvalue weighted by atomic mass is 16.3. The van der Waals surface area contributed by atoms with E-state index < -0.39 is 0 Å². The van der Waals surface area contributed by atoms with E-state index in [4.69, 9.17) is 5.26 Å². The van der Waals surface area contributed by atoms with Gasteiger partial charge in [0.15, 0.2) is 0 Å². The van der Waals surface area contributed by atoms with Gasteiger partial charge in [-0.2, -0.15) is 5.26 Å². The number of hydrogen-bond acceptors (Lipinski definition) is 3. The van der Waals surface area contributed by atoms with Crippen LogP contribution >= 0.6 is 0 Å². The second kappa shape index (κ2) is 2.47. The number of rotatable bonds is 0. The van der Waals surface area contributed by atoms with E-state index >= 15 is 0 Å². The third-order valence-corrected chi connectivity index (χ3v) is 2.86. The fourth-order valence-corrected chi connectivity index (χ4v) is 2.20. The summed E-state index contributed by atoms with van der Waals surface area (Å²) >= 11 is 0. The molecule has 0 radical (unpaired) electrons. The standard InChI is InChI=1S/C8H12N2O/c9-3-6-4-10-2-1-7(6)8(11)5-10/h6-8,11H,1-2,4-5H2. The van der Waals surface area contributed by atoms with Gasteiger partial charge in [0.25, 0.3) is 0 Å². The zero-order chi connectivity index (χ0) is 7.84. The molecule has 3 aliphatic rings. The second-order valence-electron chi connectivity index (χ2n) is 3.52. The topological polar surface area (TPSA) is 47.3 Å². The number of nitrogens with zero attached hydrogens (tertiary/aromatic N) is 2. The lowest BCUT2D eigenvalue weighted by Crippen LogP contribution is -2.54. The molecule has 0 saturated carbocycles. The van der Waals surface area contributed by atoms with Crippen molar-refractivity contribution in [3.05, 3.63) is 0 Å². The van der Waals surface area contributed by atoms with E-state index in [0.717, 1.165) is 26.1 Å². The first-order valence-electron chi connectivity index (χ1n) is 4.11. The lowest BCUT2D eigenvalue weighted by atomic mass is 9.78. The van der Waals surface area contributed by atoms with E-state index in [1.54, 1.807) is 0 Å². The summed E-state index contributed by atoms with van der Waals surface area (Å²) in [6, 6.07) is 2.26. The molecule has 0 spiro atoms. The number of aliphatic hydroxyl groups is 1. The highest BCUT2D eigenvalue weighted by Gasteiger charge is 2.40. The molecule has 4 atom stereocenters. The lowest BCUT2D eigenvalue weighted by Gasteiger charge is -2.45. The van der Waals surface area contributed by atoms with Gasteiger partial charge >= 0.3 is 0 Å². The lowest BCUT2D eigenvalue weighted by molar-refractivity contribution is -0.0443. The van der Waals surface area contributed by atoms with Crippen molar-refractivity contribution in [1.82, 2.24) is 4.90 Å². The zero-order valence-corrected chi connectivity index (χ0v) is 6.40. The molecule has 4 unspecified atom stereocenters. The summed E-state index contributed by atoms with van der Waals surface area (Å²) < 4.78 is 0. The number of hydrogen-bond donors (Lipinski definition) is 1. The van der Waals surface area contributed by atoms with E-state index in [1.165, 1.54) is 0 Å². The average molecular weight is 152 g/mol. The molecular formula is C8H12N2O. The number of nitriles is 1. The zero-order valence-electron chi connectivity index (χ0n) is 6.40. The Morgan fingerprint density at radius 3 is 2.73 bits per heavy atom. The highest BCUT2D eigenvalue weighted by molar-refractivity contribution is 5.00. The third-order valence-electron chi connectivity index (χ3n) is 2.86. The number of fused-ring (bicyclic) bond motifs is 3. The van der Waals surface area contributed by atoms with Crippen LogP contribution in [0.15, 0.2) is 0 Å². The predicted molar refractivity (Wildman–Crippen MR) is 39.7 cm³/mol.